The van der Waals surface area contributed by atoms with Crippen LogP contribution in [-0.4, -0.2) is 49.8 Å². The van der Waals surface area contributed by atoms with E-state index in [2.05, 4.69) is 38.5 Å². The molecule has 0 radical (unpaired) electrons. The number of thiocarbonyl (C=S) groups is 1. The van der Waals surface area contributed by atoms with Crippen LogP contribution in [0.15, 0.2) is 24.3 Å². The van der Waals surface area contributed by atoms with E-state index in [1.807, 2.05) is 26.2 Å². The number of nitrogens with one attached hydrogen (secondary N) is 2. The monoisotopic (exact) mass is 342 g/mol. The van der Waals surface area contributed by atoms with Crippen LogP contribution in [0, 0.1) is 24.2 Å². The Labute approximate surface area is 150 Å². The normalized spacial score (nSPS) is 28.0. The SMILES string of the molecule is C#C[C@H]1CN2CC[C@@H]1C[C@@H]2CNC(=S)Nc1ccc(N(C)C)cc1. The lowest BCUT2D eigenvalue weighted by Crippen LogP contribution is -2.56. The summed E-state index contributed by atoms with van der Waals surface area (Å²) in [6, 6.07) is 8.80. The van der Waals surface area contributed by atoms with Crippen molar-refractivity contribution in [3.63, 3.8) is 0 Å². The first-order valence-corrected chi connectivity index (χ1v) is 9.00. The van der Waals surface area contributed by atoms with Crippen LogP contribution in [0.5, 0.6) is 0 Å². The number of nitrogens with zero attached hydrogens (tertiary/aromatic N) is 2. The first-order chi connectivity index (χ1) is 11.6. The highest BCUT2D eigenvalue weighted by Crippen LogP contribution is 2.35. The number of piperidine rings is 3. The minimum absolute atomic E-state index is 0.440. The van der Waals surface area contributed by atoms with Gasteiger partial charge in [0.15, 0.2) is 5.11 Å². The Kier molecular flexibility index (Phi) is 5.27. The second-order valence-electron chi connectivity index (χ2n) is 6.98. The van der Waals surface area contributed by atoms with Gasteiger partial charge < -0.3 is 15.5 Å². The maximum Gasteiger partial charge on any atom is 0.170 e. The maximum atomic E-state index is 5.65. The lowest BCUT2D eigenvalue weighted by atomic mass is 9.76. The minimum Gasteiger partial charge on any atom is -0.378 e. The number of benzene rings is 1. The van der Waals surface area contributed by atoms with E-state index in [-0.39, 0.29) is 0 Å². The zero-order chi connectivity index (χ0) is 17.1. The van der Waals surface area contributed by atoms with Crippen LogP contribution in [0.2, 0.25) is 0 Å². The average Bonchev–Trinajstić information content (AvgIpc) is 2.60. The summed E-state index contributed by atoms with van der Waals surface area (Å²) in [6.07, 6.45) is 8.07. The molecule has 24 heavy (non-hydrogen) atoms. The third-order valence-corrected chi connectivity index (χ3v) is 5.48. The van der Waals surface area contributed by atoms with E-state index in [4.69, 9.17) is 18.6 Å². The van der Waals surface area contributed by atoms with Gasteiger partial charge in [0.1, 0.15) is 0 Å². The van der Waals surface area contributed by atoms with Gasteiger partial charge in [-0.25, -0.2) is 0 Å². The quantitative estimate of drug-likeness (QED) is 0.648. The van der Waals surface area contributed by atoms with Crippen molar-refractivity contribution in [2.24, 2.45) is 11.8 Å². The summed E-state index contributed by atoms with van der Waals surface area (Å²) in [5, 5.41) is 7.32. The fourth-order valence-electron chi connectivity index (χ4n) is 3.77. The Morgan fingerprint density at radius 1 is 1.38 bits per heavy atom. The van der Waals surface area contributed by atoms with Gasteiger partial charge >= 0.3 is 0 Å². The fraction of sp³-hybridized carbons (Fsp3) is 0.526. The molecule has 4 atom stereocenters. The van der Waals surface area contributed by atoms with Gasteiger partial charge in [0.05, 0.1) is 0 Å². The third kappa shape index (κ3) is 3.82. The van der Waals surface area contributed by atoms with Gasteiger partial charge in [0.2, 0.25) is 0 Å². The van der Waals surface area contributed by atoms with Crippen LogP contribution in [-0.2, 0) is 0 Å². The van der Waals surface area contributed by atoms with Crippen molar-refractivity contribution >= 4 is 28.7 Å². The molecule has 0 saturated carbocycles. The standard InChI is InChI=1S/C19H26N4S/c1-4-14-13-23-10-9-15(14)11-18(23)12-20-19(24)21-16-5-7-17(8-6-16)22(2)3/h1,5-8,14-15,18H,9-13H2,2-3H3,(H2,20,21,24)/t14-,15+,18+/m0/s1. The molecule has 128 valence electrons. The van der Waals surface area contributed by atoms with E-state index in [9.17, 15) is 0 Å². The fourth-order valence-corrected chi connectivity index (χ4v) is 3.97. The van der Waals surface area contributed by atoms with E-state index in [1.54, 1.807) is 0 Å². The van der Waals surface area contributed by atoms with Gasteiger partial charge in [-0.15, -0.1) is 12.3 Å². The molecule has 3 aliphatic heterocycles. The van der Waals surface area contributed by atoms with Crippen molar-refractivity contribution in [2.45, 2.75) is 18.9 Å². The van der Waals surface area contributed by atoms with Crippen molar-refractivity contribution in [3.05, 3.63) is 24.3 Å². The van der Waals surface area contributed by atoms with Crippen molar-refractivity contribution in [3.8, 4) is 12.3 Å². The Balaban J connectivity index is 1.47. The highest BCUT2D eigenvalue weighted by molar-refractivity contribution is 7.80. The first-order valence-electron chi connectivity index (χ1n) is 8.59. The van der Waals surface area contributed by atoms with E-state index in [0.717, 1.165) is 18.8 Å². The van der Waals surface area contributed by atoms with Gasteiger partial charge in [0, 0.05) is 50.5 Å². The van der Waals surface area contributed by atoms with Crippen LogP contribution in [0.1, 0.15) is 12.8 Å². The smallest absolute Gasteiger partial charge is 0.170 e. The number of anilines is 2. The number of fused-ring (bicyclic) bond motifs is 3. The summed E-state index contributed by atoms with van der Waals surface area (Å²) in [4.78, 5) is 4.60. The van der Waals surface area contributed by atoms with Gasteiger partial charge in [0.25, 0.3) is 0 Å². The summed E-state index contributed by atoms with van der Waals surface area (Å²) in [5.41, 5.74) is 2.18. The molecule has 2 bridgehead atoms. The van der Waals surface area contributed by atoms with Gasteiger partial charge in [-0.05, 0) is 61.8 Å². The Morgan fingerprint density at radius 3 is 2.71 bits per heavy atom. The molecular weight excluding hydrogens is 316 g/mol. The second-order valence-corrected chi connectivity index (χ2v) is 7.39. The summed E-state index contributed by atoms with van der Waals surface area (Å²) >= 11 is 5.44. The lowest BCUT2D eigenvalue weighted by molar-refractivity contribution is 0.0248. The topological polar surface area (TPSA) is 30.5 Å². The second kappa shape index (κ2) is 7.42. The number of terminal acetylenes is 1. The van der Waals surface area contributed by atoms with Crippen molar-refractivity contribution in [1.82, 2.24) is 10.2 Å². The first kappa shape index (κ1) is 17.1. The average molecular weight is 343 g/mol. The largest absolute Gasteiger partial charge is 0.378 e. The minimum atomic E-state index is 0.440. The molecule has 3 fully saturated rings. The molecule has 1 aromatic carbocycles. The Morgan fingerprint density at radius 2 is 2.12 bits per heavy atom. The molecule has 5 heteroatoms. The van der Waals surface area contributed by atoms with E-state index < -0.39 is 0 Å². The Bertz CT molecular complexity index is 619. The maximum absolute atomic E-state index is 5.65. The highest BCUT2D eigenvalue weighted by Gasteiger charge is 2.39. The van der Waals surface area contributed by atoms with E-state index in [1.165, 1.54) is 25.1 Å². The predicted molar refractivity (Wildman–Crippen MR) is 105 cm³/mol. The number of hydrogen-bond donors (Lipinski definition) is 2. The summed E-state index contributed by atoms with van der Waals surface area (Å²) in [5.74, 6) is 4.09. The van der Waals surface area contributed by atoms with Crippen molar-refractivity contribution in [2.75, 3.05) is 43.9 Å². The molecule has 4 rings (SSSR count). The molecule has 4 nitrogen and oxygen atoms in total. The third-order valence-electron chi connectivity index (χ3n) is 5.23. The molecule has 3 heterocycles. The molecule has 1 unspecified atom stereocenters. The Hall–Kier alpha value is -1.77. The van der Waals surface area contributed by atoms with E-state index >= 15 is 0 Å². The van der Waals surface area contributed by atoms with Crippen LogP contribution >= 0.6 is 12.2 Å². The van der Waals surface area contributed by atoms with Crippen molar-refractivity contribution < 1.29 is 0 Å². The lowest BCUT2D eigenvalue weighted by Gasteiger charge is -2.48. The van der Waals surface area contributed by atoms with Gasteiger partial charge in [-0.2, -0.15) is 0 Å². The number of rotatable bonds is 4. The van der Waals surface area contributed by atoms with Crippen LogP contribution < -0.4 is 15.5 Å². The van der Waals surface area contributed by atoms with E-state index in [0.29, 0.717) is 23.0 Å². The van der Waals surface area contributed by atoms with Crippen LogP contribution in [0.25, 0.3) is 0 Å². The highest BCUT2D eigenvalue weighted by atomic mass is 32.1. The molecule has 3 aliphatic rings. The molecule has 0 amide bonds. The number of hydrogen-bond acceptors (Lipinski definition) is 3. The molecule has 0 aromatic heterocycles. The van der Waals surface area contributed by atoms with Gasteiger partial charge in [-0.3, -0.25) is 4.90 Å². The van der Waals surface area contributed by atoms with Crippen LogP contribution in [0.3, 0.4) is 0 Å². The predicted octanol–water partition coefficient (Wildman–Crippen LogP) is 2.38. The zero-order valence-electron chi connectivity index (χ0n) is 14.5. The molecule has 1 aromatic rings. The summed E-state index contributed by atoms with van der Waals surface area (Å²) < 4.78 is 0. The van der Waals surface area contributed by atoms with Crippen LogP contribution in [0.4, 0.5) is 11.4 Å². The zero-order valence-corrected chi connectivity index (χ0v) is 15.3. The molecule has 0 aliphatic carbocycles. The molecule has 0 spiro atoms. The molecule has 3 saturated heterocycles. The summed E-state index contributed by atoms with van der Waals surface area (Å²) in [7, 11) is 4.07. The molecule has 2 N–H and O–H groups in total. The van der Waals surface area contributed by atoms with Crippen molar-refractivity contribution in [1.29, 1.82) is 0 Å². The van der Waals surface area contributed by atoms with Gasteiger partial charge in [-0.1, -0.05) is 0 Å². The summed E-state index contributed by atoms with van der Waals surface area (Å²) in [6.45, 7) is 3.09. The molecular formula is C19H26N4S.